The normalized spacial score (nSPS) is 15.8. The Balaban J connectivity index is 1.62. The lowest BCUT2D eigenvalue weighted by Crippen LogP contribution is -2.72. The SMILES string of the molecule is CCOC(=O)c1cc(-c2ccc(N3CCOCC3)cc2)c(C(=N)C2CCC2)c([NH2+]c2cccc(F)c2)n1. The number of benzene rings is 2. The van der Waals surface area contributed by atoms with Gasteiger partial charge in [-0.15, -0.1) is 0 Å². The Kier molecular flexibility index (Phi) is 7.58. The van der Waals surface area contributed by atoms with Gasteiger partial charge in [0.05, 0.1) is 31.1 Å². The van der Waals surface area contributed by atoms with Crippen molar-refractivity contribution in [3.8, 4) is 11.1 Å². The maximum Gasteiger partial charge on any atom is 0.357 e. The molecule has 1 aromatic heterocycles. The van der Waals surface area contributed by atoms with E-state index in [1.807, 2.05) is 12.1 Å². The lowest BCUT2D eigenvalue weighted by atomic mass is 9.78. The number of nitrogens with one attached hydrogen (secondary N) is 1. The third-order valence-corrected chi connectivity index (χ3v) is 7.02. The Bertz CT molecular complexity index is 1280. The van der Waals surface area contributed by atoms with E-state index in [0.717, 1.165) is 49.2 Å². The van der Waals surface area contributed by atoms with E-state index in [4.69, 9.17) is 14.9 Å². The molecule has 2 aliphatic rings. The molecule has 0 unspecified atom stereocenters. The molecule has 3 N–H and O–H groups in total. The molecular weight excluding hydrogens is 471 g/mol. The summed E-state index contributed by atoms with van der Waals surface area (Å²) in [6.45, 7) is 5.07. The number of anilines is 1. The molecule has 0 spiro atoms. The van der Waals surface area contributed by atoms with Crippen LogP contribution in [0.3, 0.4) is 0 Å². The number of hydrogen-bond acceptors (Lipinski definition) is 6. The van der Waals surface area contributed by atoms with Crippen molar-refractivity contribution in [2.24, 2.45) is 5.92 Å². The number of halogens is 1. The number of pyridine rings is 1. The molecule has 2 fully saturated rings. The average Bonchev–Trinajstić information content (AvgIpc) is 2.88. The minimum absolute atomic E-state index is 0.140. The summed E-state index contributed by atoms with van der Waals surface area (Å²) < 4.78 is 24.7. The first-order valence-electron chi connectivity index (χ1n) is 12.9. The van der Waals surface area contributed by atoms with Gasteiger partial charge in [-0.1, -0.05) is 24.6 Å². The molecule has 8 heteroatoms. The summed E-state index contributed by atoms with van der Waals surface area (Å²) in [7, 11) is 0. The van der Waals surface area contributed by atoms with Gasteiger partial charge < -0.3 is 19.8 Å². The van der Waals surface area contributed by atoms with Crippen molar-refractivity contribution in [2.75, 3.05) is 37.8 Å². The van der Waals surface area contributed by atoms with Crippen molar-refractivity contribution in [1.82, 2.24) is 4.98 Å². The van der Waals surface area contributed by atoms with Crippen LogP contribution < -0.4 is 10.2 Å². The van der Waals surface area contributed by atoms with Crippen LogP contribution >= 0.6 is 0 Å². The van der Waals surface area contributed by atoms with Crippen LogP contribution in [0.5, 0.6) is 0 Å². The number of carbonyl (C=O) groups excluding carboxylic acids is 1. The van der Waals surface area contributed by atoms with Gasteiger partial charge in [0.1, 0.15) is 11.5 Å². The number of rotatable bonds is 8. The fraction of sp³-hybridized carbons (Fsp3) is 0.345. The Morgan fingerprint density at radius 1 is 1.16 bits per heavy atom. The standard InChI is InChI=1S/C29H31FN4O3/c1-2-37-29(35)25-18-24(19-9-11-23(12-10-19)34-13-15-36-16-14-34)26(27(31)20-5-3-6-20)28(33-25)32-22-8-4-7-21(30)17-22/h4,7-12,17-18,20,31H,2-3,5-6,13-16H2,1H3,(H,32,33)/p+1. The third kappa shape index (κ3) is 5.55. The fourth-order valence-corrected chi connectivity index (χ4v) is 4.82. The number of ether oxygens (including phenoxy) is 2. The lowest BCUT2D eigenvalue weighted by Gasteiger charge is -2.29. The molecule has 0 amide bonds. The minimum atomic E-state index is -0.524. The molecule has 2 heterocycles. The summed E-state index contributed by atoms with van der Waals surface area (Å²) in [6.07, 6.45) is 2.99. The molecule has 5 rings (SSSR count). The molecule has 7 nitrogen and oxygen atoms in total. The van der Waals surface area contributed by atoms with Crippen LogP contribution in [0.4, 0.5) is 21.6 Å². The number of nitrogens with two attached hydrogens (primary N) is 1. The van der Waals surface area contributed by atoms with Crippen molar-refractivity contribution < 1.29 is 24.0 Å². The zero-order valence-corrected chi connectivity index (χ0v) is 21.0. The highest BCUT2D eigenvalue weighted by atomic mass is 19.1. The largest absolute Gasteiger partial charge is 0.461 e. The first-order valence-corrected chi connectivity index (χ1v) is 12.9. The quantitative estimate of drug-likeness (QED) is 0.266. The maximum absolute atomic E-state index is 14.0. The van der Waals surface area contributed by atoms with Gasteiger partial charge in [0.2, 0.25) is 5.82 Å². The van der Waals surface area contributed by atoms with E-state index in [9.17, 15) is 9.18 Å². The van der Waals surface area contributed by atoms with E-state index >= 15 is 0 Å². The molecule has 0 bridgehead atoms. The molecule has 0 radical (unpaired) electrons. The predicted octanol–water partition coefficient (Wildman–Crippen LogP) is 4.60. The number of esters is 1. The summed E-state index contributed by atoms with van der Waals surface area (Å²) in [5, 5.41) is 10.9. The van der Waals surface area contributed by atoms with Gasteiger partial charge in [-0.05, 0) is 55.7 Å². The highest BCUT2D eigenvalue weighted by Gasteiger charge is 2.31. The van der Waals surface area contributed by atoms with Crippen LogP contribution in [0.15, 0.2) is 54.6 Å². The van der Waals surface area contributed by atoms with E-state index in [-0.39, 0.29) is 24.0 Å². The van der Waals surface area contributed by atoms with Crippen LogP contribution in [-0.4, -0.2) is 49.6 Å². The zero-order chi connectivity index (χ0) is 25.8. The van der Waals surface area contributed by atoms with E-state index in [1.165, 1.54) is 12.1 Å². The molecule has 1 aliphatic heterocycles. The van der Waals surface area contributed by atoms with Gasteiger partial charge in [0.25, 0.3) is 0 Å². The maximum atomic E-state index is 14.0. The molecule has 1 saturated carbocycles. The van der Waals surface area contributed by atoms with Crippen LogP contribution in [0, 0.1) is 17.1 Å². The first kappa shape index (κ1) is 25.0. The summed E-state index contributed by atoms with van der Waals surface area (Å²) in [4.78, 5) is 19.7. The first-order chi connectivity index (χ1) is 18.0. The number of aromatic nitrogens is 1. The van der Waals surface area contributed by atoms with Crippen LogP contribution in [-0.2, 0) is 9.47 Å². The highest BCUT2D eigenvalue weighted by molar-refractivity contribution is 6.09. The molecule has 2 aromatic carbocycles. The van der Waals surface area contributed by atoms with Gasteiger partial charge in [0, 0.05) is 36.3 Å². The Morgan fingerprint density at radius 3 is 2.57 bits per heavy atom. The van der Waals surface area contributed by atoms with Crippen molar-refractivity contribution in [1.29, 1.82) is 5.41 Å². The molecular formula is C29H32FN4O3+. The third-order valence-electron chi connectivity index (χ3n) is 7.02. The van der Waals surface area contributed by atoms with Crippen molar-refractivity contribution in [3.05, 3.63) is 71.7 Å². The smallest absolute Gasteiger partial charge is 0.357 e. The second kappa shape index (κ2) is 11.2. The molecule has 3 aromatic rings. The fourth-order valence-electron chi connectivity index (χ4n) is 4.82. The topological polar surface area (TPSA) is 92.1 Å². The molecule has 0 atom stereocenters. The Hall–Kier alpha value is -3.62. The second-order valence-electron chi connectivity index (χ2n) is 9.42. The van der Waals surface area contributed by atoms with E-state index < -0.39 is 5.97 Å². The van der Waals surface area contributed by atoms with Crippen molar-refractivity contribution >= 4 is 28.9 Å². The van der Waals surface area contributed by atoms with E-state index in [1.54, 1.807) is 30.4 Å². The highest BCUT2D eigenvalue weighted by Crippen LogP contribution is 2.36. The predicted molar refractivity (Wildman–Crippen MR) is 140 cm³/mol. The van der Waals surface area contributed by atoms with Gasteiger partial charge >= 0.3 is 5.97 Å². The Morgan fingerprint density at radius 2 is 1.92 bits per heavy atom. The van der Waals surface area contributed by atoms with Crippen LogP contribution in [0.25, 0.3) is 11.1 Å². The molecule has 192 valence electrons. The number of carbonyl (C=O) groups is 1. The van der Waals surface area contributed by atoms with Gasteiger partial charge in [-0.2, -0.15) is 4.98 Å². The minimum Gasteiger partial charge on any atom is -0.461 e. The monoisotopic (exact) mass is 503 g/mol. The van der Waals surface area contributed by atoms with E-state index in [0.29, 0.717) is 36.0 Å². The van der Waals surface area contributed by atoms with Crippen molar-refractivity contribution in [2.45, 2.75) is 26.2 Å². The summed E-state index contributed by atoms with van der Waals surface area (Å²) in [6, 6.07) is 16.2. The lowest BCUT2D eigenvalue weighted by molar-refractivity contribution is -0.483. The molecule has 1 saturated heterocycles. The molecule has 1 aliphatic carbocycles. The van der Waals surface area contributed by atoms with Crippen LogP contribution in [0.1, 0.15) is 42.2 Å². The Labute approximate surface area is 216 Å². The van der Waals surface area contributed by atoms with Crippen molar-refractivity contribution in [3.63, 3.8) is 0 Å². The molecule has 37 heavy (non-hydrogen) atoms. The summed E-state index contributed by atoms with van der Waals surface area (Å²) in [5.74, 6) is -0.268. The zero-order valence-electron chi connectivity index (χ0n) is 21.0. The average molecular weight is 504 g/mol. The second-order valence-corrected chi connectivity index (χ2v) is 9.42. The summed E-state index contributed by atoms with van der Waals surface area (Å²) >= 11 is 0. The number of nitrogens with zero attached hydrogens (tertiary/aromatic N) is 2. The van der Waals surface area contributed by atoms with Gasteiger partial charge in [-0.25, -0.2) is 9.18 Å². The summed E-state index contributed by atoms with van der Waals surface area (Å²) in [5.41, 5.74) is 4.72. The number of morpholine rings is 1. The van der Waals surface area contributed by atoms with E-state index in [2.05, 4.69) is 22.0 Å². The number of quaternary nitrogens is 1. The van der Waals surface area contributed by atoms with Crippen LogP contribution in [0.2, 0.25) is 0 Å². The van der Waals surface area contributed by atoms with Gasteiger partial charge in [0.15, 0.2) is 5.69 Å². The number of hydrogen-bond donors (Lipinski definition) is 2. The van der Waals surface area contributed by atoms with Gasteiger partial charge in [-0.3, -0.25) is 5.32 Å².